The average molecular weight is 318 g/mol. The van der Waals surface area contributed by atoms with Gasteiger partial charge in [0, 0.05) is 5.56 Å². The smallest absolute Gasteiger partial charge is 0.264 e. The lowest BCUT2D eigenvalue weighted by molar-refractivity contribution is -0.118. The zero-order valence-corrected chi connectivity index (χ0v) is 12.3. The van der Waals surface area contributed by atoms with Gasteiger partial charge < -0.3 is 5.73 Å². The number of carbonyl (C=O) groups excluding carboxylic acids is 2. The molecular formula is C15H14N2O4S. The van der Waals surface area contributed by atoms with Crippen LogP contribution in [0, 0.1) is 0 Å². The molecule has 0 saturated carbocycles. The molecule has 2 aromatic rings. The van der Waals surface area contributed by atoms with Crippen LogP contribution in [0.1, 0.15) is 15.9 Å². The highest BCUT2D eigenvalue weighted by molar-refractivity contribution is 7.90. The van der Waals surface area contributed by atoms with Crippen LogP contribution >= 0.6 is 0 Å². The summed E-state index contributed by atoms with van der Waals surface area (Å²) in [5, 5.41) is 0. The molecule has 0 aliphatic carbocycles. The van der Waals surface area contributed by atoms with Crippen molar-refractivity contribution in [3.8, 4) is 0 Å². The molecule has 6 nitrogen and oxygen atoms in total. The maximum Gasteiger partial charge on any atom is 0.264 e. The van der Waals surface area contributed by atoms with Gasteiger partial charge in [0.15, 0.2) is 0 Å². The molecule has 0 radical (unpaired) electrons. The minimum Gasteiger partial charge on any atom is -0.366 e. The summed E-state index contributed by atoms with van der Waals surface area (Å²) in [5.41, 5.74) is 6.01. The van der Waals surface area contributed by atoms with E-state index in [1.165, 1.54) is 24.3 Å². The molecule has 0 saturated heterocycles. The molecule has 0 atom stereocenters. The molecule has 2 aromatic carbocycles. The summed E-state index contributed by atoms with van der Waals surface area (Å²) < 4.78 is 26.0. The first kappa shape index (κ1) is 15.7. The zero-order valence-electron chi connectivity index (χ0n) is 11.5. The Balaban J connectivity index is 2.05. The van der Waals surface area contributed by atoms with Crippen LogP contribution in [0.4, 0.5) is 0 Å². The molecule has 0 aliphatic rings. The van der Waals surface area contributed by atoms with Crippen LogP contribution in [0.15, 0.2) is 59.5 Å². The maximum atomic E-state index is 12.0. The number of nitrogens with two attached hydrogens (primary N) is 1. The van der Waals surface area contributed by atoms with E-state index in [-0.39, 0.29) is 11.3 Å². The van der Waals surface area contributed by atoms with Crippen LogP contribution in [0.5, 0.6) is 0 Å². The molecular weight excluding hydrogens is 304 g/mol. The van der Waals surface area contributed by atoms with Crippen molar-refractivity contribution in [3.63, 3.8) is 0 Å². The van der Waals surface area contributed by atoms with Gasteiger partial charge >= 0.3 is 0 Å². The summed E-state index contributed by atoms with van der Waals surface area (Å²) in [5.74, 6) is -1.22. The first-order valence-corrected chi connectivity index (χ1v) is 7.86. The van der Waals surface area contributed by atoms with Crippen molar-refractivity contribution in [1.29, 1.82) is 0 Å². The zero-order chi connectivity index (χ0) is 16.2. The summed E-state index contributed by atoms with van der Waals surface area (Å²) in [7, 11) is -3.87. The predicted molar refractivity (Wildman–Crippen MR) is 80.4 cm³/mol. The Hall–Kier alpha value is -2.67. The van der Waals surface area contributed by atoms with Crippen LogP contribution in [-0.2, 0) is 21.2 Å². The molecule has 114 valence electrons. The summed E-state index contributed by atoms with van der Waals surface area (Å²) in [6.07, 6.45) is -0.120. The highest BCUT2D eigenvalue weighted by Crippen LogP contribution is 2.09. The molecule has 0 bridgehead atoms. The fourth-order valence-electron chi connectivity index (χ4n) is 1.82. The van der Waals surface area contributed by atoms with Gasteiger partial charge in [0.25, 0.3) is 10.0 Å². The molecule has 0 aliphatic heterocycles. The number of benzene rings is 2. The monoisotopic (exact) mass is 318 g/mol. The van der Waals surface area contributed by atoms with Crippen LogP contribution < -0.4 is 10.5 Å². The number of hydrogen-bond donors (Lipinski definition) is 2. The average Bonchev–Trinajstić information content (AvgIpc) is 2.48. The van der Waals surface area contributed by atoms with Gasteiger partial charge in [0.05, 0.1) is 11.3 Å². The number of amides is 2. The van der Waals surface area contributed by atoms with E-state index in [0.29, 0.717) is 11.1 Å². The summed E-state index contributed by atoms with van der Waals surface area (Å²) in [6, 6.07) is 13.7. The first-order chi connectivity index (χ1) is 10.4. The second kappa shape index (κ2) is 6.40. The van der Waals surface area contributed by atoms with Gasteiger partial charge in [-0.2, -0.15) is 0 Å². The quantitative estimate of drug-likeness (QED) is 0.851. The van der Waals surface area contributed by atoms with Crippen molar-refractivity contribution in [2.75, 3.05) is 0 Å². The Morgan fingerprint density at radius 1 is 0.955 bits per heavy atom. The van der Waals surface area contributed by atoms with E-state index in [9.17, 15) is 18.0 Å². The lowest BCUT2D eigenvalue weighted by Crippen LogP contribution is -2.31. The Labute approximate surface area is 128 Å². The first-order valence-electron chi connectivity index (χ1n) is 6.38. The maximum absolute atomic E-state index is 12.0. The lowest BCUT2D eigenvalue weighted by Gasteiger charge is -2.07. The third-order valence-corrected chi connectivity index (χ3v) is 4.29. The van der Waals surface area contributed by atoms with Gasteiger partial charge in [-0.3, -0.25) is 9.59 Å². The van der Waals surface area contributed by atoms with E-state index in [1.54, 1.807) is 30.3 Å². The Morgan fingerprint density at radius 2 is 1.55 bits per heavy atom. The number of carbonyl (C=O) groups is 2. The van der Waals surface area contributed by atoms with Crippen molar-refractivity contribution in [3.05, 3.63) is 65.7 Å². The highest BCUT2D eigenvalue weighted by Gasteiger charge is 2.17. The number of nitrogens with one attached hydrogen (secondary N) is 1. The molecule has 0 fully saturated rings. The topological polar surface area (TPSA) is 106 Å². The summed E-state index contributed by atoms with van der Waals surface area (Å²) in [4.78, 5) is 22.8. The van der Waals surface area contributed by atoms with Crippen LogP contribution in [0.2, 0.25) is 0 Å². The van der Waals surface area contributed by atoms with Gasteiger partial charge in [0.1, 0.15) is 0 Å². The van der Waals surface area contributed by atoms with Crippen LogP contribution in [0.3, 0.4) is 0 Å². The molecule has 2 amide bonds. The van der Waals surface area contributed by atoms with E-state index >= 15 is 0 Å². The van der Waals surface area contributed by atoms with Gasteiger partial charge in [-0.05, 0) is 29.8 Å². The lowest BCUT2D eigenvalue weighted by atomic mass is 10.1. The van der Waals surface area contributed by atoms with Gasteiger partial charge in [-0.25, -0.2) is 13.1 Å². The molecule has 22 heavy (non-hydrogen) atoms. The number of sulfonamides is 1. The van der Waals surface area contributed by atoms with Crippen molar-refractivity contribution in [1.82, 2.24) is 4.72 Å². The second-order valence-electron chi connectivity index (χ2n) is 4.58. The van der Waals surface area contributed by atoms with Gasteiger partial charge in [-0.15, -0.1) is 0 Å². The third kappa shape index (κ3) is 3.92. The molecule has 0 aromatic heterocycles. The Bertz CT molecular complexity index is 784. The van der Waals surface area contributed by atoms with E-state index in [0.717, 1.165) is 0 Å². The second-order valence-corrected chi connectivity index (χ2v) is 6.26. The third-order valence-electron chi connectivity index (χ3n) is 2.90. The van der Waals surface area contributed by atoms with Crippen LogP contribution in [-0.4, -0.2) is 20.2 Å². The molecule has 0 spiro atoms. The Morgan fingerprint density at radius 3 is 2.09 bits per heavy atom. The van der Waals surface area contributed by atoms with E-state index in [1.807, 2.05) is 4.72 Å². The van der Waals surface area contributed by atoms with E-state index < -0.39 is 21.8 Å². The molecule has 0 heterocycles. The van der Waals surface area contributed by atoms with Crippen LogP contribution in [0.25, 0.3) is 0 Å². The van der Waals surface area contributed by atoms with Crippen molar-refractivity contribution in [2.24, 2.45) is 5.73 Å². The van der Waals surface area contributed by atoms with Gasteiger partial charge in [0.2, 0.25) is 11.8 Å². The standard InChI is InChI=1S/C15H14N2O4S/c16-15(19)12-8-6-11(7-9-12)10-14(18)17-22(20,21)13-4-2-1-3-5-13/h1-9H,10H2,(H2,16,19)(H,17,18). The summed E-state index contributed by atoms with van der Waals surface area (Å²) >= 11 is 0. The Kier molecular flexibility index (Phi) is 4.57. The molecule has 7 heteroatoms. The fourth-order valence-corrected chi connectivity index (χ4v) is 2.82. The minimum absolute atomic E-state index is 0.0208. The normalized spacial score (nSPS) is 10.9. The number of rotatable bonds is 5. The van der Waals surface area contributed by atoms with E-state index in [2.05, 4.69) is 0 Å². The fraction of sp³-hybridized carbons (Fsp3) is 0.0667. The van der Waals surface area contributed by atoms with E-state index in [4.69, 9.17) is 5.73 Å². The van der Waals surface area contributed by atoms with Crippen molar-refractivity contribution < 1.29 is 18.0 Å². The molecule has 3 N–H and O–H groups in total. The van der Waals surface area contributed by atoms with Crippen molar-refractivity contribution in [2.45, 2.75) is 11.3 Å². The van der Waals surface area contributed by atoms with Gasteiger partial charge in [-0.1, -0.05) is 30.3 Å². The highest BCUT2D eigenvalue weighted by atomic mass is 32.2. The molecule has 0 unspecified atom stereocenters. The van der Waals surface area contributed by atoms with Crippen molar-refractivity contribution >= 4 is 21.8 Å². The summed E-state index contributed by atoms with van der Waals surface area (Å²) in [6.45, 7) is 0. The largest absolute Gasteiger partial charge is 0.366 e. The predicted octanol–water partition coefficient (Wildman–Crippen LogP) is 0.833. The SMILES string of the molecule is NC(=O)c1ccc(CC(=O)NS(=O)(=O)c2ccccc2)cc1. The minimum atomic E-state index is -3.87. The number of primary amides is 1. The molecule has 2 rings (SSSR count). The number of hydrogen-bond acceptors (Lipinski definition) is 4.